The van der Waals surface area contributed by atoms with E-state index in [-0.39, 0.29) is 6.61 Å². The van der Waals surface area contributed by atoms with E-state index in [1.54, 1.807) is 18.2 Å². The van der Waals surface area contributed by atoms with Crippen LogP contribution in [0.15, 0.2) is 28.7 Å². The lowest BCUT2D eigenvalue weighted by Gasteiger charge is -2.01. The van der Waals surface area contributed by atoms with Gasteiger partial charge in [0, 0.05) is 11.1 Å². The number of rotatable bonds is 2. The highest BCUT2D eigenvalue weighted by Gasteiger charge is 2.10. The van der Waals surface area contributed by atoms with Crippen LogP contribution in [0.25, 0.3) is 11.0 Å². The molecule has 2 aromatic rings. The van der Waals surface area contributed by atoms with Gasteiger partial charge < -0.3 is 21.0 Å². The molecule has 0 saturated heterocycles. The molecule has 0 aliphatic rings. The Bertz CT molecular complexity index is 450. The highest BCUT2D eigenvalue weighted by Crippen LogP contribution is 2.24. The molecule has 4 heteroatoms. The van der Waals surface area contributed by atoms with Crippen molar-refractivity contribution in [1.29, 1.82) is 0 Å². The molecule has 74 valence electrons. The molecule has 1 aromatic carbocycles. The Kier molecular flexibility index (Phi) is 2.15. The Morgan fingerprint density at radius 3 is 2.86 bits per heavy atom. The van der Waals surface area contributed by atoms with Gasteiger partial charge in [-0.1, -0.05) is 0 Å². The monoisotopic (exact) mass is 192 g/mol. The Labute approximate surface area is 81.1 Å². The molecular formula is C10H12N2O2. The molecule has 0 saturated carbocycles. The lowest BCUT2D eigenvalue weighted by Crippen LogP contribution is -2.13. The van der Waals surface area contributed by atoms with E-state index in [1.807, 2.05) is 6.07 Å². The summed E-state index contributed by atoms with van der Waals surface area (Å²) < 4.78 is 5.44. The third-order valence-electron chi connectivity index (χ3n) is 2.12. The maximum atomic E-state index is 8.86. The normalized spacial score (nSPS) is 13.3. The van der Waals surface area contributed by atoms with E-state index >= 15 is 0 Å². The van der Waals surface area contributed by atoms with Gasteiger partial charge in [0.15, 0.2) is 0 Å². The van der Waals surface area contributed by atoms with Gasteiger partial charge in [-0.25, -0.2) is 0 Å². The van der Waals surface area contributed by atoms with Gasteiger partial charge in [0.1, 0.15) is 11.3 Å². The first-order valence-corrected chi connectivity index (χ1v) is 4.36. The van der Waals surface area contributed by atoms with Crippen LogP contribution in [0.4, 0.5) is 5.69 Å². The number of furan rings is 1. The minimum Gasteiger partial charge on any atom is -0.459 e. The highest BCUT2D eigenvalue weighted by molar-refractivity contribution is 5.81. The zero-order chi connectivity index (χ0) is 10.1. The molecule has 4 nitrogen and oxygen atoms in total. The highest BCUT2D eigenvalue weighted by atomic mass is 16.3. The standard InChI is InChI=1S/C10H12N2O2/c11-7-1-2-9-6(3-7)4-10(14-9)8(12)5-13/h1-4,8,13H,5,11-12H2. The van der Waals surface area contributed by atoms with E-state index in [1.165, 1.54) is 0 Å². The lowest BCUT2D eigenvalue weighted by atomic mass is 10.2. The van der Waals surface area contributed by atoms with Crippen molar-refractivity contribution in [2.24, 2.45) is 5.73 Å². The third kappa shape index (κ3) is 1.45. The number of hydrogen-bond donors (Lipinski definition) is 3. The molecule has 0 spiro atoms. The van der Waals surface area contributed by atoms with Gasteiger partial charge in [-0.3, -0.25) is 0 Å². The summed E-state index contributed by atoms with van der Waals surface area (Å²) in [5.41, 5.74) is 12.7. The first-order chi connectivity index (χ1) is 6.70. The number of benzene rings is 1. The van der Waals surface area contributed by atoms with Gasteiger partial charge in [-0.15, -0.1) is 0 Å². The summed E-state index contributed by atoms with van der Waals surface area (Å²) in [6, 6.07) is 6.70. The largest absolute Gasteiger partial charge is 0.459 e. The predicted octanol–water partition coefficient (Wildman–Crippen LogP) is 1.01. The molecule has 1 aromatic heterocycles. The molecule has 0 bridgehead atoms. The Morgan fingerprint density at radius 2 is 2.14 bits per heavy atom. The minimum absolute atomic E-state index is 0.130. The van der Waals surface area contributed by atoms with Crippen molar-refractivity contribution in [1.82, 2.24) is 0 Å². The second-order valence-corrected chi connectivity index (χ2v) is 3.24. The topological polar surface area (TPSA) is 85.4 Å². The molecule has 1 atom stereocenters. The number of nitrogens with two attached hydrogens (primary N) is 2. The van der Waals surface area contributed by atoms with Gasteiger partial charge in [0.05, 0.1) is 12.6 Å². The van der Waals surface area contributed by atoms with E-state index in [4.69, 9.17) is 21.0 Å². The zero-order valence-electron chi connectivity index (χ0n) is 7.60. The fourth-order valence-electron chi connectivity index (χ4n) is 1.36. The predicted molar refractivity (Wildman–Crippen MR) is 54.6 cm³/mol. The van der Waals surface area contributed by atoms with Gasteiger partial charge in [-0.05, 0) is 24.3 Å². The number of nitrogen functional groups attached to an aromatic ring is 1. The molecule has 0 aliphatic heterocycles. The average molecular weight is 192 g/mol. The molecule has 14 heavy (non-hydrogen) atoms. The summed E-state index contributed by atoms with van der Waals surface area (Å²) in [6.07, 6.45) is 0. The molecule has 5 N–H and O–H groups in total. The molecule has 1 heterocycles. The number of fused-ring (bicyclic) bond motifs is 1. The van der Waals surface area contributed by atoms with Crippen LogP contribution in [0, 0.1) is 0 Å². The molecule has 0 aliphatic carbocycles. The smallest absolute Gasteiger partial charge is 0.134 e. The fourth-order valence-corrected chi connectivity index (χ4v) is 1.36. The Morgan fingerprint density at radius 1 is 1.36 bits per heavy atom. The van der Waals surface area contributed by atoms with Crippen LogP contribution in [0.3, 0.4) is 0 Å². The summed E-state index contributed by atoms with van der Waals surface area (Å²) in [4.78, 5) is 0. The maximum Gasteiger partial charge on any atom is 0.134 e. The summed E-state index contributed by atoms with van der Waals surface area (Å²) >= 11 is 0. The van der Waals surface area contributed by atoms with Crippen molar-refractivity contribution in [2.45, 2.75) is 6.04 Å². The van der Waals surface area contributed by atoms with E-state index < -0.39 is 6.04 Å². The van der Waals surface area contributed by atoms with Crippen LogP contribution in [0.1, 0.15) is 11.8 Å². The number of hydrogen-bond acceptors (Lipinski definition) is 4. The van der Waals surface area contributed by atoms with Gasteiger partial charge in [0.25, 0.3) is 0 Å². The van der Waals surface area contributed by atoms with Crippen molar-refractivity contribution in [3.8, 4) is 0 Å². The van der Waals surface area contributed by atoms with Crippen LogP contribution >= 0.6 is 0 Å². The van der Waals surface area contributed by atoms with Crippen LogP contribution in [-0.2, 0) is 0 Å². The number of aliphatic hydroxyl groups excluding tert-OH is 1. The molecule has 0 amide bonds. The van der Waals surface area contributed by atoms with Crippen molar-refractivity contribution in [2.75, 3.05) is 12.3 Å². The maximum absolute atomic E-state index is 8.86. The SMILES string of the molecule is Nc1ccc2oc(C(N)CO)cc2c1. The van der Waals surface area contributed by atoms with Crippen LogP contribution in [-0.4, -0.2) is 11.7 Å². The van der Waals surface area contributed by atoms with Gasteiger partial charge in [-0.2, -0.15) is 0 Å². The third-order valence-corrected chi connectivity index (χ3v) is 2.12. The van der Waals surface area contributed by atoms with E-state index in [0.717, 1.165) is 11.0 Å². The molecular weight excluding hydrogens is 180 g/mol. The van der Waals surface area contributed by atoms with Gasteiger partial charge >= 0.3 is 0 Å². The molecule has 1 unspecified atom stereocenters. The second-order valence-electron chi connectivity index (χ2n) is 3.24. The Hall–Kier alpha value is -1.52. The Balaban J connectivity index is 2.51. The summed E-state index contributed by atoms with van der Waals surface area (Å²) in [5, 5.41) is 9.76. The summed E-state index contributed by atoms with van der Waals surface area (Å²) in [7, 11) is 0. The second kappa shape index (κ2) is 3.32. The van der Waals surface area contributed by atoms with Crippen molar-refractivity contribution in [3.05, 3.63) is 30.0 Å². The lowest BCUT2D eigenvalue weighted by molar-refractivity contribution is 0.254. The molecule has 0 fully saturated rings. The number of aliphatic hydroxyl groups is 1. The first-order valence-electron chi connectivity index (χ1n) is 4.36. The zero-order valence-corrected chi connectivity index (χ0v) is 7.60. The summed E-state index contributed by atoms with van der Waals surface area (Å²) in [6.45, 7) is -0.130. The van der Waals surface area contributed by atoms with E-state index in [2.05, 4.69) is 0 Å². The van der Waals surface area contributed by atoms with Crippen LogP contribution < -0.4 is 11.5 Å². The van der Waals surface area contributed by atoms with Crippen molar-refractivity contribution < 1.29 is 9.52 Å². The summed E-state index contributed by atoms with van der Waals surface area (Å²) in [5.74, 6) is 0.577. The first kappa shape index (κ1) is 9.05. The van der Waals surface area contributed by atoms with Crippen LogP contribution in [0.5, 0.6) is 0 Å². The van der Waals surface area contributed by atoms with E-state index in [0.29, 0.717) is 11.4 Å². The molecule has 2 rings (SSSR count). The van der Waals surface area contributed by atoms with Crippen molar-refractivity contribution in [3.63, 3.8) is 0 Å². The van der Waals surface area contributed by atoms with Crippen molar-refractivity contribution >= 4 is 16.7 Å². The van der Waals surface area contributed by atoms with E-state index in [9.17, 15) is 0 Å². The van der Waals surface area contributed by atoms with Crippen LogP contribution in [0.2, 0.25) is 0 Å². The minimum atomic E-state index is -0.469. The molecule has 0 radical (unpaired) electrons. The van der Waals surface area contributed by atoms with Gasteiger partial charge in [0.2, 0.25) is 0 Å². The number of anilines is 1. The fraction of sp³-hybridized carbons (Fsp3) is 0.200. The quantitative estimate of drug-likeness (QED) is 0.620. The average Bonchev–Trinajstić information content (AvgIpc) is 2.59.